The number of para-hydroxylation sites is 1. The van der Waals surface area contributed by atoms with Crippen LogP contribution in [0.15, 0.2) is 66.9 Å². The number of nitrogens with zero attached hydrogens (tertiary/aromatic N) is 3. The van der Waals surface area contributed by atoms with E-state index in [2.05, 4.69) is 10.5 Å². The molecule has 0 unspecified atom stereocenters. The van der Waals surface area contributed by atoms with Crippen LogP contribution in [0.25, 0.3) is 23.0 Å². The fourth-order valence-electron chi connectivity index (χ4n) is 2.48. The number of hydrogen-bond acceptors (Lipinski definition) is 3. The van der Waals surface area contributed by atoms with E-state index in [1.807, 2.05) is 36.5 Å². The van der Waals surface area contributed by atoms with E-state index >= 15 is 0 Å². The predicted octanol–water partition coefficient (Wildman–Crippen LogP) is 3.28. The number of carbonyl (C=O) groups excluding carboxylic acids is 1. The summed E-state index contributed by atoms with van der Waals surface area (Å²) >= 11 is 0. The van der Waals surface area contributed by atoms with Gasteiger partial charge in [0.25, 0.3) is 5.91 Å². The van der Waals surface area contributed by atoms with Crippen molar-refractivity contribution in [3.63, 3.8) is 0 Å². The minimum Gasteiger partial charge on any atom is -0.286 e. The Kier molecular flexibility index (Phi) is 5.24. The van der Waals surface area contributed by atoms with Crippen LogP contribution in [-0.4, -0.2) is 34.8 Å². The van der Waals surface area contributed by atoms with Gasteiger partial charge in [-0.05, 0) is 42.5 Å². The minimum absolute atomic E-state index is 0.243. The third-order valence-corrected chi connectivity index (χ3v) is 3.63. The average Bonchev–Trinajstić information content (AvgIpc) is 3.05. The fourth-order valence-corrected chi connectivity index (χ4v) is 2.48. The highest BCUT2D eigenvalue weighted by Crippen LogP contribution is 2.25. The fraction of sp³-hybridized carbons (Fsp3) is 0.100. The zero-order valence-electron chi connectivity index (χ0n) is 14.6. The molecular formula is C20H19FN4O. The third kappa shape index (κ3) is 4.23. The van der Waals surface area contributed by atoms with Crippen molar-refractivity contribution in [2.24, 2.45) is 0 Å². The molecule has 0 saturated carbocycles. The molecule has 0 radical (unpaired) electrons. The summed E-state index contributed by atoms with van der Waals surface area (Å²) in [5, 5.41) is 6.19. The molecular weight excluding hydrogens is 331 g/mol. The maximum atomic E-state index is 13.3. The van der Waals surface area contributed by atoms with Crippen LogP contribution in [0.1, 0.15) is 5.56 Å². The molecule has 0 fully saturated rings. The van der Waals surface area contributed by atoms with Crippen LogP contribution in [0.4, 0.5) is 4.39 Å². The highest BCUT2D eigenvalue weighted by Gasteiger charge is 2.11. The highest BCUT2D eigenvalue weighted by atomic mass is 19.1. The largest absolute Gasteiger partial charge is 0.286 e. The van der Waals surface area contributed by atoms with Crippen molar-refractivity contribution in [1.82, 2.24) is 20.2 Å². The molecule has 132 valence electrons. The van der Waals surface area contributed by atoms with Gasteiger partial charge < -0.3 is 0 Å². The Hall–Kier alpha value is -3.25. The number of hydrazine groups is 1. The SMILES string of the molecule is CN(C)NC(=O)/C=C/c1cn(-c2ccccc2)nc1-c1ccc(F)cc1. The van der Waals surface area contributed by atoms with E-state index in [4.69, 9.17) is 0 Å². The molecule has 6 heteroatoms. The van der Waals surface area contributed by atoms with Crippen LogP contribution in [0, 0.1) is 5.82 Å². The quantitative estimate of drug-likeness (QED) is 0.567. The lowest BCUT2D eigenvalue weighted by atomic mass is 10.1. The lowest BCUT2D eigenvalue weighted by Gasteiger charge is -2.08. The normalized spacial score (nSPS) is 11.2. The molecule has 0 saturated heterocycles. The number of hydrogen-bond donors (Lipinski definition) is 1. The number of amides is 1. The maximum Gasteiger partial charge on any atom is 0.258 e. The van der Waals surface area contributed by atoms with Crippen molar-refractivity contribution in [2.45, 2.75) is 0 Å². The van der Waals surface area contributed by atoms with Gasteiger partial charge in [-0.3, -0.25) is 10.2 Å². The minimum atomic E-state index is -0.307. The van der Waals surface area contributed by atoms with Crippen LogP contribution in [0.3, 0.4) is 0 Å². The number of benzene rings is 2. The summed E-state index contributed by atoms with van der Waals surface area (Å²) in [4.78, 5) is 11.9. The first-order valence-electron chi connectivity index (χ1n) is 8.10. The van der Waals surface area contributed by atoms with Crippen molar-refractivity contribution < 1.29 is 9.18 Å². The van der Waals surface area contributed by atoms with E-state index in [1.165, 1.54) is 18.2 Å². The van der Waals surface area contributed by atoms with E-state index in [9.17, 15) is 9.18 Å². The Bertz CT molecular complexity index is 915. The second kappa shape index (κ2) is 7.76. The number of aromatic nitrogens is 2. The summed E-state index contributed by atoms with van der Waals surface area (Å²) < 4.78 is 15.0. The number of carbonyl (C=O) groups is 1. The first-order chi connectivity index (χ1) is 12.5. The van der Waals surface area contributed by atoms with Crippen LogP contribution in [0.2, 0.25) is 0 Å². The molecule has 0 atom stereocenters. The molecule has 3 aromatic rings. The van der Waals surface area contributed by atoms with Crippen molar-refractivity contribution in [2.75, 3.05) is 14.1 Å². The van der Waals surface area contributed by atoms with E-state index in [1.54, 1.807) is 42.0 Å². The molecule has 1 N–H and O–H groups in total. The van der Waals surface area contributed by atoms with Crippen molar-refractivity contribution >= 4 is 12.0 Å². The van der Waals surface area contributed by atoms with Gasteiger partial charge in [0.05, 0.1) is 11.4 Å². The smallest absolute Gasteiger partial charge is 0.258 e. The first kappa shape index (κ1) is 17.6. The van der Waals surface area contributed by atoms with Crippen molar-refractivity contribution in [1.29, 1.82) is 0 Å². The lowest BCUT2D eigenvalue weighted by Crippen LogP contribution is -2.34. The third-order valence-electron chi connectivity index (χ3n) is 3.63. The standard InChI is InChI=1S/C20H19FN4O/c1-24(2)22-19(26)13-10-16-14-25(18-6-4-3-5-7-18)23-20(16)15-8-11-17(21)12-9-15/h3-14H,1-2H3,(H,22,26)/b13-10+. The van der Waals surface area contributed by atoms with Gasteiger partial charge in [-0.25, -0.2) is 14.1 Å². The monoisotopic (exact) mass is 350 g/mol. The second-order valence-electron chi connectivity index (χ2n) is 5.92. The van der Waals surface area contributed by atoms with Gasteiger partial charge in [0.15, 0.2) is 0 Å². The van der Waals surface area contributed by atoms with E-state index < -0.39 is 0 Å². The Morgan fingerprint density at radius 3 is 2.46 bits per heavy atom. The molecule has 3 rings (SSSR count). The molecule has 0 aliphatic heterocycles. The number of rotatable bonds is 5. The van der Waals surface area contributed by atoms with Crippen LogP contribution >= 0.6 is 0 Å². The van der Waals surface area contributed by atoms with E-state index in [-0.39, 0.29) is 11.7 Å². The molecule has 0 aliphatic carbocycles. The molecule has 0 aliphatic rings. The van der Waals surface area contributed by atoms with Crippen LogP contribution in [0.5, 0.6) is 0 Å². The maximum absolute atomic E-state index is 13.3. The molecule has 26 heavy (non-hydrogen) atoms. The molecule has 1 heterocycles. The van der Waals surface area contributed by atoms with E-state index in [0.717, 1.165) is 16.8 Å². The Morgan fingerprint density at radius 2 is 1.81 bits per heavy atom. The summed E-state index contributed by atoms with van der Waals surface area (Å²) in [6.07, 6.45) is 4.98. The topological polar surface area (TPSA) is 50.2 Å². The van der Waals surface area contributed by atoms with Gasteiger partial charge in [-0.15, -0.1) is 0 Å². The molecule has 5 nitrogen and oxygen atoms in total. The Morgan fingerprint density at radius 1 is 1.12 bits per heavy atom. The predicted molar refractivity (Wildman–Crippen MR) is 99.8 cm³/mol. The van der Waals surface area contributed by atoms with Gasteiger partial charge in [-0.2, -0.15) is 5.10 Å². The average molecular weight is 350 g/mol. The number of halogens is 1. The van der Waals surface area contributed by atoms with Crippen molar-refractivity contribution in [3.05, 3.63) is 78.3 Å². The van der Waals surface area contributed by atoms with Gasteiger partial charge in [-0.1, -0.05) is 18.2 Å². The molecule has 1 aromatic heterocycles. The first-order valence-corrected chi connectivity index (χ1v) is 8.10. The molecule has 0 bridgehead atoms. The summed E-state index contributed by atoms with van der Waals surface area (Å²) in [5.74, 6) is -0.550. The zero-order valence-corrected chi connectivity index (χ0v) is 14.6. The summed E-state index contributed by atoms with van der Waals surface area (Å²) in [6.45, 7) is 0. The van der Waals surface area contributed by atoms with Gasteiger partial charge in [0.1, 0.15) is 5.82 Å². The van der Waals surface area contributed by atoms with Gasteiger partial charge in [0.2, 0.25) is 0 Å². The lowest BCUT2D eigenvalue weighted by molar-refractivity contribution is -0.119. The highest BCUT2D eigenvalue weighted by molar-refractivity contribution is 5.92. The Labute approximate surface area is 151 Å². The number of nitrogens with one attached hydrogen (secondary N) is 1. The molecule has 1 amide bonds. The summed E-state index contributed by atoms with van der Waals surface area (Å²) in [5.41, 5.74) is 5.75. The molecule has 2 aromatic carbocycles. The van der Waals surface area contributed by atoms with Crippen LogP contribution in [-0.2, 0) is 4.79 Å². The summed E-state index contributed by atoms with van der Waals surface area (Å²) in [6, 6.07) is 15.8. The molecule has 0 spiro atoms. The van der Waals surface area contributed by atoms with E-state index in [0.29, 0.717) is 5.69 Å². The van der Waals surface area contributed by atoms with Gasteiger partial charge >= 0.3 is 0 Å². The van der Waals surface area contributed by atoms with Crippen molar-refractivity contribution in [3.8, 4) is 16.9 Å². The zero-order chi connectivity index (χ0) is 18.5. The second-order valence-corrected chi connectivity index (χ2v) is 5.92. The van der Waals surface area contributed by atoms with Crippen LogP contribution < -0.4 is 5.43 Å². The Balaban J connectivity index is 2.00. The van der Waals surface area contributed by atoms with Gasteiger partial charge in [0, 0.05) is 37.5 Å². The summed E-state index contributed by atoms with van der Waals surface area (Å²) in [7, 11) is 3.48.